The van der Waals surface area contributed by atoms with E-state index >= 15 is 0 Å². The predicted molar refractivity (Wildman–Crippen MR) is 64.4 cm³/mol. The van der Waals surface area contributed by atoms with E-state index in [1.54, 1.807) is 0 Å². The highest BCUT2D eigenvalue weighted by molar-refractivity contribution is 6.49. The van der Waals surface area contributed by atoms with Gasteiger partial charge in [-0.1, -0.05) is 16.8 Å². The van der Waals surface area contributed by atoms with Crippen LogP contribution in [-0.4, -0.2) is 50.4 Å². The van der Waals surface area contributed by atoms with Gasteiger partial charge in [0.2, 0.25) is 0 Å². The van der Waals surface area contributed by atoms with Crippen molar-refractivity contribution in [2.24, 2.45) is 5.73 Å². The zero-order chi connectivity index (χ0) is 14.1. The number of hydrogen-bond donors (Lipinski definition) is 4. The lowest BCUT2D eigenvalue weighted by Gasteiger charge is -2.40. The van der Waals surface area contributed by atoms with E-state index in [9.17, 15) is 9.90 Å². The first kappa shape index (κ1) is 14.5. The van der Waals surface area contributed by atoms with Crippen molar-refractivity contribution in [3.8, 4) is 11.5 Å². The van der Waals surface area contributed by atoms with Gasteiger partial charge in [-0.25, -0.2) is 4.79 Å². The number of rotatable bonds is 3. The summed E-state index contributed by atoms with van der Waals surface area (Å²) in [6, 6.07) is 3.27. The summed E-state index contributed by atoms with van der Waals surface area (Å²) in [4.78, 5) is 14.6. The summed E-state index contributed by atoms with van der Waals surface area (Å²) >= 11 is 0. The molecule has 0 spiro atoms. The molecule has 1 atom stereocenters. The van der Waals surface area contributed by atoms with Gasteiger partial charge >= 0.3 is 5.97 Å². The maximum Gasteiger partial charge on any atom is 0.351 e. The quantitative estimate of drug-likeness (QED) is 0.220. The van der Waals surface area contributed by atoms with E-state index in [1.165, 1.54) is 6.07 Å². The Hall–Kier alpha value is -1.60. The molecule has 6 radical (unpaired) electrons. The van der Waals surface area contributed by atoms with Crippen molar-refractivity contribution in [1.29, 1.82) is 0 Å². The average molecular weight is 243 g/mol. The Kier molecular flexibility index (Phi) is 3.68. The first-order valence-corrected chi connectivity index (χ1v) is 4.68. The predicted octanol–water partition coefficient (Wildman–Crippen LogP) is -1.57. The number of nitrogens with two attached hydrogens (primary N) is 1. The molecule has 0 aliphatic heterocycles. The molecule has 88 valence electrons. The molecule has 0 bridgehead atoms. The largest absolute Gasteiger partial charge is 0.504 e. The van der Waals surface area contributed by atoms with Crippen molar-refractivity contribution in [2.45, 2.75) is 10.7 Å². The van der Waals surface area contributed by atoms with Gasteiger partial charge in [0.1, 0.15) is 7.85 Å². The molecule has 18 heavy (non-hydrogen) atoms. The minimum absolute atomic E-state index is 0.0480. The Morgan fingerprint density at radius 3 is 2.22 bits per heavy atom. The lowest BCUT2D eigenvalue weighted by molar-refractivity contribution is -0.237. The number of carbonyl (C=O) groups is 1. The first-order chi connectivity index (χ1) is 8.14. The van der Waals surface area contributed by atoms with Gasteiger partial charge in [0.05, 0.1) is 21.1 Å². The molecule has 1 rings (SSSR count). The van der Waals surface area contributed by atoms with Crippen LogP contribution < -0.4 is 5.73 Å². The molecule has 0 amide bonds. The Labute approximate surface area is 107 Å². The number of carbonyl (C=O) groups excluding carboxylic acids is 1. The zero-order valence-corrected chi connectivity index (χ0v) is 9.20. The van der Waals surface area contributed by atoms with Crippen molar-refractivity contribution in [1.82, 2.24) is 0 Å². The Balaban J connectivity index is 3.27. The van der Waals surface area contributed by atoms with Crippen LogP contribution in [-0.2, 0) is 14.9 Å². The van der Waals surface area contributed by atoms with E-state index in [2.05, 4.69) is 4.89 Å². The normalized spacial score (nSPS) is 14.8. The van der Waals surface area contributed by atoms with Crippen molar-refractivity contribution < 1.29 is 25.2 Å². The third kappa shape index (κ3) is 2.19. The molecule has 1 aromatic carbocycles. The van der Waals surface area contributed by atoms with Crippen molar-refractivity contribution >= 4 is 29.5 Å². The smallest absolute Gasteiger partial charge is 0.351 e. The zero-order valence-electron chi connectivity index (χ0n) is 9.20. The second-order valence-corrected chi connectivity index (χ2v) is 3.82. The summed E-state index contributed by atoms with van der Waals surface area (Å²) in [5.74, 6) is -2.40. The van der Waals surface area contributed by atoms with Gasteiger partial charge in [0.15, 0.2) is 11.5 Å². The van der Waals surface area contributed by atoms with Crippen molar-refractivity contribution in [2.75, 3.05) is 0 Å². The Morgan fingerprint density at radius 2 is 1.78 bits per heavy atom. The van der Waals surface area contributed by atoms with Gasteiger partial charge in [-0.05, 0) is 12.1 Å². The molecule has 0 saturated heterocycles. The van der Waals surface area contributed by atoms with E-state index in [0.29, 0.717) is 0 Å². The number of benzene rings is 1. The highest BCUT2D eigenvalue weighted by Gasteiger charge is 2.45. The van der Waals surface area contributed by atoms with Crippen LogP contribution in [0.15, 0.2) is 18.2 Å². The lowest BCUT2D eigenvalue weighted by atomic mass is 9.37. The van der Waals surface area contributed by atoms with Gasteiger partial charge in [0.25, 0.3) is 0 Å². The van der Waals surface area contributed by atoms with Crippen LogP contribution in [0.25, 0.3) is 0 Å². The first-order valence-electron chi connectivity index (χ1n) is 4.68. The molecule has 0 aliphatic carbocycles. The van der Waals surface area contributed by atoms with Gasteiger partial charge < -0.3 is 15.9 Å². The minimum atomic E-state index is -2.45. The summed E-state index contributed by atoms with van der Waals surface area (Å²) in [6.07, 6.45) is 0. The standard InChI is InChI=1S/C9H8B3NO5/c10-8(11,9(12,13)7(16)18-17)4-1-2-5(14)6(15)3-4/h1-3,14-15,17H,13H2/t9-/m0/s1. The van der Waals surface area contributed by atoms with E-state index in [1.807, 2.05) is 0 Å². The second kappa shape index (κ2) is 4.58. The summed E-state index contributed by atoms with van der Waals surface area (Å²) in [6.45, 7) is 0. The number of phenolic OH excluding ortho intramolecular Hbond substituents is 2. The fourth-order valence-electron chi connectivity index (χ4n) is 1.26. The van der Waals surface area contributed by atoms with Gasteiger partial charge in [-0.2, -0.15) is 5.26 Å². The maximum absolute atomic E-state index is 11.2. The summed E-state index contributed by atoms with van der Waals surface area (Å²) in [5.41, 5.74) is 2.92. The summed E-state index contributed by atoms with van der Waals surface area (Å²) < 4.78 is 0. The van der Waals surface area contributed by atoms with E-state index in [4.69, 9.17) is 39.6 Å². The number of hydrogen-bond acceptors (Lipinski definition) is 6. The number of aromatic hydroxyl groups is 2. The molecule has 0 aliphatic rings. The Bertz CT molecular complexity index is 477. The van der Waals surface area contributed by atoms with Crippen LogP contribution in [0.2, 0.25) is 0 Å². The van der Waals surface area contributed by atoms with Crippen molar-refractivity contribution in [3.05, 3.63) is 23.8 Å². The van der Waals surface area contributed by atoms with Crippen molar-refractivity contribution in [3.63, 3.8) is 0 Å². The molecule has 0 unspecified atom stereocenters. The van der Waals surface area contributed by atoms with Crippen LogP contribution in [0.4, 0.5) is 0 Å². The molecule has 0 saturated carbocycles. The van der Waals surface area contributed by atoms with E-state index in [-0.39, 0.29) is 5.56 Å². The number of phenols is 2. The molecule has 0 heterocycles. The minimum Gasteiger partial charge on any atom is -0.504 e. The Morgan fingerprint density at radius 1 is 1.22 bits per heavy atom. The molecular formula is C9H8B3NO5. The van der Waals surface area contributed by atoms with Gasteiger partial charge in [-0.3, -0.25) is 4.89 Å². The molecule has 5 N–H and O–H groups in total. The van der Waals surface area contributed by atoms with Gasteiger partial charge in [-0.15, -0.1) is 0 Å². The topological polar surface area (TPSA) is 113 Å². The summed E-state index contributed by atoms with van der Waals surface area (Å²) in [5, 5.41) is 24.6. The molecule has 0 aromatic heterocycles. The fraction of sp³-hybridized carbons (Fsp3) is 0.222. The van der Waals surface area contributed by atoms with Crippen LogP contribution in [0.1, 0.15) is 5.56 Å². The molecule has 6 nitrogen and oxygen atoms in total. The van der Waals surface area contributed by atoms with Crippen LogP contribution in [0.3, 0.4) is 0 Å². The third-order valence-electron chi connectivity index (χ3n) is 2.56. The highest BCUT2D eigenvalue weighted by atomic mass is 17.1. The third-order valence-corrected chi connectivity index (χ3v) is 2.56. The average Bonchev–Trinajstić information content (AvgIpc) is 2.31. The van der Waals surface area contributed by atoms with E-state index < -0.39 is 28.1 Å². The monoisotopic (exact) mass is 243 g/mol. The maximum atomic E-state index is 11.2. The van der Waals surface area contributed by atoms with E-state index in [0.717, 1.165) is 12.1 Å². The summed E-state index contributed by atoms with van der Waals surface area (Å²) in [7, 11) is 16.7. The van der Waals surface area contributed by atoms with Gasteiger partial charge in [0, 0.05) is 0 Å². The van der Waals surface area contributed by atoms with Crippen LogP contribution in [0, 0.1) is 0 Å². The SMILES string of the molecule is [B]C([B])(c1ccc(O)c(O)c1)[C@@]([B])(N)C(=O)OO. The molecule has 9 heteroatoms. The molecule has 1 aromatic rings. The second-order valence-electron chi connectivity index (χ2n) is 3.82. The molecule has 0 fully saturated rings. The van der Waals surface area contributed by atoms with Crippen LogP contribution >= 0.6 is 0 Å². The molecular weight excluding hydrogens is 235 g/mol. The lowest BCUT2D eigenvalue weighted by Crippen LogP contribution is -2.65. The highest BCUT2D eigenvalue weighted by Crippen LogP contribution is 2.33. The van der Waals surface area contributed by atoms with Crippen LogP contribution in [0.5, 0.6) is 11.5 Å². The fourth-order valence-corrected chi connectivity index (χ4v) is 1.26.